The van der Waals surface area contributed by atoms with Crippen LogP contribution in [-0.2, 0) is 14.2 Å². The molecule has 140 valence electrons. The zero-order valence-electron chi connectivity index (χ0n) is 12.5. The maximum atomic E-state index is 13.8. The standard InChI is InChI=1S/C13H12F5O6P/c1-25(24,13(23)4(12(21)22)2-3-5(19)20)11-9(17)7(15)6(14)8(16)10(11)18/h4,13,23H,2-3H2,1H3,(H,19,20)(H,21,22)/t4-,13?,25?/m0/s1. The van der Waals surface area contributed by atoms with E-state index in [1.54, 1.807) is 0 Å². The third-order valence-corrected chi connectivity index (χ3v) is 6.13. The molecule has 0 aliphatic heterocycles. The second-order valence-electron chi connectivity index (χ2n) is 5.20. The minimum Gasteiger partial charge on any atom is -0.481 e. The number of aliphatic carboxylic acids is 2. The maximum absolute atomic E-state index is 13.8. The van der Waals surface area contributed by atoms with Crippen LogP contribution in [0, 0.1) is 35.0 Å². The molecule has 0 saturated carbocycles. The minimum atomic E-state index is -4.87. The summed E-state index contributed by atoms with van der Waals surface area (Å²) in [5.41, 5.74) is 0. The van der Waals surface area contributed by atoms with Crippen molar-refractivity contribution in [1.82, 2.24) is 0 Å². The third kappa shape index (κ3) is 3.98. The Bertz CT molecular complexity index is 739. The molecule has 0 aliphatic rings. The van der Waals surface area contributed by atoms with E-state index in [-0.39, 0.29) is 0 Å². The van der Waals surface area contributed by atoms with Crippen molar-refractivity contribution in [3.05, 3.63) is 29.1 Å². The van der Waals surface area contributed by atoms with Gasteiger partial charge in [-0.1, -0.05) is 0 Å². The number of carboxylic acids is 2. The SMILES string of the molecule is CP(=O)(c1c(F)c(F)c(F)c(F)c1F)C(O)[C@@H](CCC(=O)O)C(=O)O. The summed E-state index contributed by atoms with van der Waals surface area (Å²) in [7, 11) is -4.87. The van der Waals surface area contributed by atoms with Crippen LogP contribution in [0.5, 0.6) is 0 Å². The van der Waals surface area contributed by atoms with Crippen LogP contribution in [-0.4, -0.2) is 39.8 Å². The van der Waals surface area contributed by atoms with E-state index in [4.69, 9.17) is 10.2 Å². The highest BCUT2D eigenvalue weighted by atomic mass is 31.2. The van der Waals surface area contributed by atoms with Gasteiger partial charge in [-0.3, -0.25) is 9.59 Å². The van der Waals surface area contributed by atoms with E-state index in [1.165, 1.54) is 0 Å². The number of hydrogen-bond acceptors (Lipinski definition) is 4. The number of benzene rings is 1. The van der Waals surface area contributed by atoms with Crippen molar-refractivity contribution in [1.29, 1.82) is 0 Å². The average molecular weight is 390 g/mol. The summed E-state index contributed by atoms with van der Waals surface area (Å²) >= 11 is 0. The largest absolute Gasteiger partial charge is 0.481 e. The van der Waals surface area contributed by atoms with Gasteiger partial charge in [0.25, 0.3) is 0 Å². The number of aliphatic hydroxyl groups excluding tert-OH is 1. The average Bonchev–Trinajstić information content (AvgIpc) is 2.50. The van der Waals surface area contributed by atoms with Crippen molar-refractivity contribution in [2.45, 2.75) is 18.7 Å². The summed E-state index contributed by atoms with van der Waals surface area (Å²) in [6.07, 6.45) is -1.58. The Morgan fingerprint density at radius 3 is 1.72 bits per heavy atom. The van der Waals surface area contributed by atoms with Crippen molar-refractivity contribution in [3.8, 4) is 0 Å². The molecule has 0 radical (unpaired) electrons. The lowest BCUT2D eigenvalue weighted by Crippen LogP contribution is -2.34. The number of rotatable bonds is 7. The van der Waals surface area contributed by atoms with Crippen LogP contribution >= 0.6 is 7.14 Å². The predicted octanol–water partition coefficient (Wildman–Crippen LogP) is 1.88. The van der Waals surface area contributed by atoms with Crippen molar-refractivity contribution < 1.29 is 51.4 Å². The van der Waals surface area contributed by atoms with Gasteiger partial charge in [0.1, 0.15) is 13.0 Å². The van der Waals surface area contributed by atoms with Crippen LogP contribution in [0.4, 0.5) is 22.0 Å². The monoisotopic (exact) mass is 390 g/mol. The Kier molecular flexibility index (Phi) is 6.30. The Morgan fingerprint density at radius 1 is 0.960 bits per heavy atom. The molecule has 0 heterocycles. The second kappa shape index (κ2) is 7.49. The minimum absolute atomic E-state index is 0.451. The summed E-state index contributed by atoms with van der Waals surface area (Å²) in [6, 6.07) is 0. The van der Waals surface area contributed by atoms with Crippen molar-refractivity contribution in [2.75, 3.05) is 6.66 Å². The summed E-state index contributed by atoms with van der Waals surface area (Å²) in [5, 5.41) is 25.7. The molecular weight excluding hydrogens is 378 g/mol. The molecule has 3 atom stereocenters. The first-order valence-corrected chi connectivity index (χ1v) is 8.78. The Hall–Kier alpha value is -2.00. The van der Waals surface area contributed by atoms with E-state index in [2.05, 4.69) is 0 Å². The summed E-state index contributed by atoms with van der Waals surface area (Å²) < 4.78 is 79.7. The third-order valence-electron chi connectivity index (χ3n) is 3.48. The zero-order valence-corrected chi connectivity index (χ0v) is 13.4. The fraction of sp³-hybridized carbons (Fsp3) is 0.385. The number of halogens is 5. The molecule has 0 spiro atoms. The Morgan fingerprint density at radius 2 is 1.36 bits per heavy atom. The van der Waals surface area contributed by atoms with Crippen LogP contribution in [0.1, 0.15) is 12.8 Å². The Labute approximate surface area is 137 Å². The zero-order chi connectivity index (χ0) is 19.7. The van der Waals surface area contributed by atoms with E-state index < -0.39 is 78.1 Å². The molecule has 0 aromatic heterocycles. The van der Waals surface area contributed by atoms with Crippen molar-refractivity contribution in [3.63, 3.8) is 0 Å². The molecule has 0 aliphatic carbocycles. The van der Waals surface area contributed by atoms with Crippen molar-refractivity contribution in [2.24, 2.45) is 5.92 Å². The first-order chi connectivity index (χ1) is 11.3. The normalized spacial score (nSPS) is 16.1. The van der Waals surface area contributed by atoms with E-state index in [0.29, 0.717) is 6.66 Å². The smallest absolute Gasteiger partial charge is 0.309 e. The van der Waals surface area contributed by atoms with Gasteiger partial charge in [-0.25, -0.2) is 22.0 Å². The van der Waals surface area contributed by atoms with Crippen LogP contribution in [0.2, 0.25) is 0 Å². The van der Waals surface area contributed by atoms with Crippen LogP contribution < -0.4 is 5.30 Å². The molecule has 1 aromatic rings. The molecule has 0 saturated heterocycles. The molecule has 0 amide bonds. The number of carboxylic acid groups (broad SMARTS) is 2. The van der Waals surface area contributed by atoms with E-state index in [0.717, 1.165) is 0 Å². The number of aliphatic hydroxyl groups is 1. The molecular formula is C13H12F5O6P. The lowest BCUT2D eigenvalue weighted by atomic mass is 10.0. The van der Waals surface area contributed by atoms with Crippen LogP contribution in [0.25, 0.3) is 0 Å². The topological polar surface area (TPSA) is 112 Å². The fourth-order valence-corrected chi connectivity index (χ4v) is 4.34. The molecule has 3 N–H and O–H groups in total. The molecule has 0 fully saturated rings. The molecule has 1 rings (SSSR count). The van der Waals surface area contributed by atoms with Gasteiger partial charge in [0, 0.05) is 6.42 Å². The van der Waals surface area contributed by atoms with E-state index >= 15 is 0 Å². The quantitative estimate of drug-likeness (QED) is 0.284. The van der Waals surface area contributed by atoms with Gasteiger partial charge in [0.05, 0.1) is 11.2 Å². The number of carbonyl (C=O) groups is 2. The van der Waals surface area contributed by atoms with Crippen LogP contribution in [0.15, 0.2) is 0 Å². The van der Waals surface area contributed by atoms with Gasteiger partial charge < -0.3 is 19.9 Å². The molecule has 12 heteroatoms. The van der Waals surface area contributed by atoms with Crippen LogP contribution in [0.3, 0.4) is 0 Å². The first kappa shape index (κ1) is 21.0. The number of hydrogen-bond donors (Lipinski definition) is 3. The van der Waals surface area contributed by atoms with Gasteiger partial charge in [0.15, 0.2) is 23.3 Å². The predicted molar refractivity (Wildman–Crippen MR) is 73.4 cm³/mol. The highest BCUT2D eigenvalue weighted by Crippen LogP contribution is 2.50. The molecule has 25 heavy (non-hydrogen) atoms. The second-order valence-corrected chi connectivity index (χ2v) is 8.16. The van der Waals surface area contributed by atoms with Crippen molar-refractivity contribution >= 4 is 24.4 Å². The highest BCUT2D eigenvalue weighted by molar-refractivity contribution is 7.71. The van der Waals surface area contributed by atoms with Gasteiger partial charge in [-0.15, -0.1) is 0 Å². The molecule has 2 unspecified atom stereocenters. The lowest BCUT2D eigenvalue weighted by molar-refractivity contribution is -0.145. The van der Waals surface area contributed by atoms with Gasteiger partial charge in [0.2, 0.25) is 5.82 Å². The fourth-order valence-electron chi connectivity index (χ4n) is 2.14. The summed E-state index contributed by atoms with van der Waals surface area (Å²) in [4.78, 5) is 21.6. The Balaban J connectivity index is 3.47. The summed E-state index contributed by atoms with van der Waals surface area (Å²) in [6.45, 7) is 0.451. The van der Waals surface area contributed by atoms with Gasteiger partial charge >= 0.3 is 11.9 Å². The highest BCUT2D eigenvalue weighted by Gasteiger charge is 2.44. The van der Waals surface area contributed by atoms with Gasteiger partial charge in [-0.2, -0.15) is 0 Å². The maximum Gasteiger partial charge on any atom is 0.309 e. The van der Waals surface area contributed by atoms with E-state index in [9.17, 15) is 41.2 Å². The van der Waals surface area contributed by atoms with Gasteiger partial charge in [-0.05, 0) is 13.1 Å². The molecule has 0 bridgehead atoms. The summed E-state index contributed by atoms with van der Waals surface area (Å²) in [5.74, 6) is -20.2. The molecule has 6 nitrogen and oxygen atoms in total. The molecule has 1 aromatic carbocycles. The van der Waals surface area contributed by atoms with E-state index in [1.807, 2.05) is 0 Å². The first-order valence-electron chi connectivity index (χ1n) is 6.55. The lowest BCUT2D eigenvalue weighted by Gasteiger charge is -2.26.